The summed E-state index contributed by atoms with van der Waals surface area (Å²) >= 11 is 2.37. The third-order valence-corrected chi connectivity index (χ3v) is 4.17. The van der Waals surface area contributed by atoms with Crippen molar-refractivity contribution < 1.29 is 0 Å². The van der Waals surface area contributed by atoms with Crippen molar-refractivity contribution in [2.24, 2.45) is 0 Å². The standard InChI is InChI=1S/C11H16IN3/c1-3-4-7-14-9(2)15(12)11-8-13-6-5-10(11)14/h5-6,8-9H,3-4,7H2,1-2H3. The molecule has 0 saturated heterocycles. The van der Waals surface area contributed by atoms with Crippen LogP contribution in [0.3, 0.4) is 0 Å². The van der Waals surface area contributed by atoms with Gasteiger partial charge in [-0.1, -0.05) is 13.3 Å². The van der Waals surface area contributed by atoms with Crippen LogP contribution in [-0.2, 0) is 0 Å². The van der Waals surface area contributed by atoms with Crippen molar-refractivity contribution in [3.63, 3.8) is 0 Å². The van der Waals surface area contributed by atoms with Gasteiger partial charge in [0, 0.05) is 12.7 Å². The van der Waals surface area contributed by atoms with Crippen molar-refractivity contribution in [2.45, 2.75) is 32.9 Å². The highest BCUT2D eigenvalue weighted by atomic mass is 127. The molecule has 1 unspecified atom stereocenters. The van der Waals surface area contributed by atoms with Gasteiger partial charge < -0.3 is 4.90 Å². The Kier molecular flexibility index (Phi) is 3.33. The van der Waals surface area contributed by atoms with Gasteiger partial charge in [0.25, 0.3) is 0 Å². The number of fused-ring (bicyclic) bond motifs is 1. The molecule has 0 aliphatic carbocycles. The van der Waals surface area contributed by atoms with E-state index in [9.17, 15) is 0 Å². The van der Waals surface area contributed by atoms with Crippen LogP contribution >= 0.6 is 22.9 Å². The summed E-state index contributed by atoms with van der Waals surface area (Å²) in [6.45, 7) is 5.60. The van der Waals surface area contributed by atoms with E-state index in [-0.39, 0.29) is 0 Å². The maximum Gasteiger partial charge on any atom is 0.108 e. The van der Waals surface area contributed by atoms with Crippen molar-refractivity contribution in [3.8, 4) is 0 Å². The highest BCUT2D eigenvalue weighted by Gasteiger charge is 2.30. The van der Waals surface area contributed by atoms with Crippen LogP contribution in [0.5, 0.6) is 0 Å². The first-order valence-electron chi connectivity index (χ1n) is 5.41. The highest BCUT2D eigenvalue weighted by molar-refractivity contribution is 14.1. The minimum Gasteiger partial charge on any atom is -0.349 e. The Bertz CT molecular complexity index is 342. The first-order valence-corrected chi connectivity index (χ1v) is 6.38. The van der Waals surface area contributed by atoms with Gasteiger partial charge in [0.2, 0.25) is 0 Å². The molecule has 0 bridgehead atoms. The van der Waals surface area contributed by atoms with E-state index in [1.807, 2.05) is 12.4 Å². The molecule has 0 spiro atoms. The van der Waals surface area contributed by atoms with Crippen molar-refractivity contribution >= 4 is 34.2 Å². The molecule has 2 rings (SSSR count). The normalized spacial score (nSPS) is 19.5. The van der Waals surface area contributed by atoms with E-state index in [0.717, 1.165) is 6.54 Å². The lowest BCUT2D eigenvalue weighted by Gasteiger charge is -2.26. The van der Waals surface area contributed by atoms with E-state index >= 15 is 0 Å². The molecule has 82 valence electrons. The number of halogens is 1. The number of hydrogen-bond donors (Lipinski definition) is 0. The first-order chi connectivity index (χ1) is 7.25. The van der Waals surface area contributed by atoms with Crippen molar-refractivity contribution in [2.75, 3.05) is 14.6 Å². The van der Waals surface area contributed by atoms with E-state index in [1.54, 1.807) is 0 Å². The lowest BCUT2D eigenvalue weighted by molar-refractivity contribution is 0.663. The number of rotatable bonds is 3. The summed E-state index contributed by atoms with van der Waals surface area (Å²) in [7, 11) is 0. The average molecular weight is 317 g/mol. The Labute approximate surface area is 105 Å². The van der Waals surface area contributed by atoms with Crippen molar-refractivity contribution in [1.29, 1.82) is 0 Å². The molecule has 1 atom stereocenters. The lowest BCUT2D eigenvalue weighted by atomic mass is 10.3. The Morgan fingerprint density at radius 1 is 1.47 bits per heavy atom. The molecule has 0 N–H and O–H groups in total. The molecule has 0 amide bonds. The Morgan fingerprint density at radius 3 is 3.00 bits per heavy atom. The molecule has 1 aromatic rings. The number of pyridine rings is 1. The first kappa shape index (κ1) is 11.0. The third kappa shape index (κ3) is 1.91. The predicted molar refractivity (Wildman–Crippen MR) is 72.5 cm³/mol. The zero-order valence-corrected chi connectivity index (χ0v) is 11.3. The van der Waals surface area contributed by atoms with E-state index in [4.69, 9.17) is 0 Å². The molecule has 0 radical (unpaired) electrons. The largest absolute Gasteiger partial charge is 0.349 e. The van der Waals surface area contributed by atoms with E-state index in [1.165, 1.54) is 24.2 Å². The number of hydrogen-bond acceptors (Lipinski definition) is 3. The minimum atomic E-state index is 0.441. The fourth-order valence-electron chi connectivity index (χ4n) is 1.95. The highest BCUT2D eigenvalue weighted by Crippen LogP contribution is 2.40. The number of nitrogens with zero attached hydrogens (tertiary/aromatic N) is 3. The summed E-state index contributed by atoms with van der Waals surface area (Å²) in [5.74, 6) is 0. The van der Waals surface area contributed by atoms with Gasteiger partial charge in [-0.2, -0.15) is 0 Å². The van der Waals surface area contributed by atoms with Crippen LogP contribution in [0.1, 0.15) is 26.7 Å². The molecule has 0 saturated carbocycles. The molecule has 1 aromatic heterocycles. The molecular formula is C11H16IN3. The molecular weight excluding hydrogens is 301 g/mol. The van der Waals surface area contributed by atoms with Gasteiger partial charge in [0.15, 0.2) is 0 Å². The number of aromatic nitrogens is 1. The topological polar surface area (TPSA) is 19.4 Å². The second kappa shape index (κ2) is 4.55. The monoisotopic (exact) mass is 317 g/mol. The third-order valence-electron chi connectivity index (χ3n) is 2.85. The van der Waals surface area contributed by atoms with Crippen LogP contribution in [0.2, 0.25) is 0 Å². The Balaban J connectivity index is 2.25. The van der Waals surface area contributed by atoms with E-state index < -0.39 is 0 Å². The Morgan fingerprint density at radius 2 is 2.27 bits per heavy atom. The summed E-state index contributed by atoms with van der Waals surface area (Å²) in [5.41, 5.74) is 2.56. The van der Waals surface area contributed by atoms with Crippen LogP contribution in [-0.4, -0.2) is 17.7 Å². The van der Waals surface area contributed by atoms with Crippen LogP contribution in [0.15, 0.2) is 18.5 Å². The molecule has 1 aliphatic heterocycles. The molecule has 1 aliphatic rings. The van der Waals surface area contributed by atoms with Gasteiger partial charge in [-0.25, -0.2) is 0 Å². The van der Waals surface area contributed by atoms with Crippen molar-refractivity contribution in [3.05, 3.63) is 18.5 Å². The van der Waals surface area contributed by atoms with Gasteiger partial charge in [-0.3, -0.25) is 8.10 Å². The second-order valence-corrected chi connectivity index (χ2v) is 4.89. The smallest absolute Gasteiger partial charge is 0.108 e. The molecule has 0 aromatic carbocycles. The maximum absolute atomic E-state index is 4.18. The van der Waals surface area contributed by atoms with Crippen molar-refractivity contribution in [1.82, 2.24) is 4.98 Å². The zero-order chi connectivity index (χ0) is 10.8. The molecule has 15 heavy (non-hydrogen) atoms. The fourth-order valence-corrected chi connectivity index (χ4v) is 2.62. The van der Waals surface area contributed by atoms with Crippen LogP contribution in [0, 0.1) is 0 Å². The predicted octanol–water partition coefficient (Wildman–Crippen LogP) is 3.20. The van der Waals surface area contributed by atoms with E-state index in [0.29, 0.717) is 6.17 Å². The zero-order valence-electron chi connectivity index (χ0n) is 9.15. The molecule has 3 nitrogen and oxygen atoms in total. The number of anilines is 2. The van der Waals surface area contributed by atoms with Gasteiger partial charge in [-0.05, 0) is 19.4 Å². The van der Waals surface area contributed by atoms with E-state index in [2.05, 4.69) is 55.8 Å². The number of unbranched alkanes of at least 4 members (excludes halogenated alkanes) is 1. The van der Waals surface area contributed by atoms with Gasteiger partial charge >= 0.3 is 0 Å². The summed E-state index contributed by atoms with van der Waals surface area (Å²) in [4.78, 5) is 6.63. The van der Waals surface area contributed by atoms with Crippen LogP contribution in [0.25, 0.3) is 0 Å². The van der Waals surface area contributed by atoms with Gasteiger partial charge in [-0.15, -0.1) is 0 Å². The quantitative estimate of drug-likeness (QED) is 0.630. The maximum atomic E-state index is 4.18. The van der Waals surface area contributed by atoms with Crippen LogP contribution in [0.4, 0.5) is 11.4 Å². The summed E-state index contributed by atoms with van der Waals surface area (Å²) in [6, 6.07) is 2.11. The fraction of sp³-hybridized carbons (Fsp3) is 0.545. The summed E-state index contributed by atoms with van der Waals surface area (Å²) in [5, 5.41) is 0. The lowest BCUT2D eigenvalue weighted by Crippen LogP contribution is -2.36. The SMILES string of the molecule is CCCCN1c2ccncc2N(I)C1C. The van der Waals surface area contributed by atoms with Gasteiger partial charge in [0.05, 0.1) is 40.4 Å². The molecule has 4 heteroatoms. The Hall–Kier alpha value is -0.520. The summed E-state index contributed by atoms with van der Waals surface area (Å²) < 4.78 is 2.26. The molecule has 2 heterocycles. The minimum absolute atomic E-state index is 0.441. The van der Waals surface area contributed by atoms with Crippen LogP contribution < -0.4 is 8.01 Å². The average Bonchev–Trinajstić information content (AvgIpc) is 2.51. The van der Waals surface area contributed by atoms with Gasteiger partial charge in [0.1, 0.15) is 6.17 Å². The molecule has 0 fully saturated rings. The summed E-state index contributed by atoms with van der Waals surface area (Å²) in [6.07, 6.45) is 6.75. The second-order valence-electron chi connectivity index (χ2n) is 3.85.